The van der Waals surface area contributed by atoms with Crippen molar-refractivity contribution in [1.29, 1.82) is 0 Å². The van der Waals surface area contributed by atoms with Crippen LogP contribution in [0.1, 0.15) is 48.9 Å². The highest BCUT2D eigenvalue weighted by molar-refractivity contribution is 6.33. The fraction of sp³-hybridized carbons (Fsp3) is 0.688. The van der Waals surface area contributed by atoms with Crippen LogP contribution in [0.3, 0.4) is 0 Å². The minimum Gasteiger partial charge on any atom is -0.337 e. The molecule has 3 heterocycles. The Hall–Kier alpha value is -0.910. The van der Waals surface area contributed by atoms with Gasteiger partial charge in [-0.1, -0.05) is 25.4 Å². The van der Waals surface area contributed by atoms with E-state index in [2.05, 4.69) is 15.3 Å². The Balaban J connectivity index is 0.00000192. The molecule has 0 spiro atoms. The van der Waals surface area contributed by atoms with Gasteiger partial charge in [-0.25, -0.2) is 9.97 Å². The van der Waals surface area contributed by atoms with Crippen molar-refractivity contribution < 1.29 is 4.79 Å². The van der Waals surface area contributed by atoms with E-state index >= 15 is 0 Å². The Morgan fingerprint density at radius 2 is 1.91 bits per heavy atom. The molecular formula is C16H24Cl2N4O. The van der Waals surface area contributed by atoms with E-state index in [0.29, 0.717) is 28.4 Å². The highest BCUT2D eigenvalue weighted by atomic mass is 35.5. The molecular weight excluding hydrogens is 335 g/mol. The quantitative estimate of drug-likeness (QED) is 0.882. The number of hydrogen-bond acceptors (Lipinski definition) is 4. The Morgan fingerprint density at radius 1 is 1.30 bits per heavy atom. The molecule has 2 atom stereocenters. The number of carbonyl (C=O) groups is 1. The predicted molar refractivity (Wildman–Crippen MR) is 93.4 cm³/mol. The van der Waals surface area contributed by atoms with Crippen LogP contribution in [0.5, 0.6) is 0 Å². The lowest BCUT2D eigenvalue weighted by atomic mass is 9.92. The van der Waals surface area contributed by atoms with Gasteiger partial charge in [0.25, 0.3) is 5.91 Å². The van der Waals surface area contributed by atoms with Crippen LogP contribution in [-0.2, 0) is 0 Å². The Labute approximate surface area is 148 Å². The zero-order chi connectivity index (χ0) is 15.7. The number of nitrogens with one attached hydrogen (secondary N) is 1. The fourth-order valence-corrected chi connectivity index (χ4v) is 3.55. The maximum atomic E-state index is 12.8. The van der Waals surface area contributed by atoms with Crippen LogP contribution in [-0.4, -0.2) is 47.0 Å². The van der Waals surface area contributed by atoms with E-state index in [1.165, 1.54) is 0 Å². The first-order chi connectivity index (χ1) is 10.6. The Kier molecular flexibility index (Phi) is 6.23. The van der Waals surface area contributed by atoms with Crippen molar-refractivity contribution in [2.75, 3.05) is 26.2 Å². The summed E-state index contributed by atoms with van der Waals surface area (Å²) in [6, 6.07) is 0. The minimum atomic E-state index is -0.0535. The third-order valence-corrected chi connectivity index (χ3v) is 5.06. The van der Waals surface area contributed by atoms with Gasteiger partial charge >= 0.3 is 0 Å². The average molecular weight is 359 g/mol. The number of halogens is 2. The summed E-state index contributed by atoms with van der Waals surface area (Å²) in [6.07, 6.45) is 3.67. The molecule has 2 saturated heterocycles. The molecule has 0 bridgehead atoms. The van der Waals surface area contributed by atoms with E-state index in [1.807, 2.05) is 18.7 Å². The smallest absolute Gasteiger partial charge is 0.274 e. The molecule has 1 amide bonds. The van der Waals surface area contributed by atoms with Crippen molar-refractivity contribution >= 4 is 29.9 Å². The third-order valence-electron chi connectivity index (χ3n) is 4.79. The molecule has 7 heteroatoms. The lowest BCUT2D eigenvalue weighted by molar-refractivity contribution is 0.0752. The van der Waals surface area contributed by atoms with Crippen molar-refractivity contribution in [2.45, 2.75) is 32.6 Å². The van der Waals surface area contributed by atoms with Gasteiger partial charge in [0.15, 0.2) is 5.69 Å². The zero-order valence-electron chi connectivity index (χ0n) is 13.6. The topological polar surface area (TPSA) is 58.1 Å². The fourth-order valence-electron chi connectivity index (χ4n) is 3.38. The standard InChI is InChI=1S/C16H23ClN4O.ClH/c1-10(2)15-19-9-13(17)14(20-15)16(22)21-5-3-11-7-18-8-12(11)4-6-21;/h9-12,18H,3-8H2,1-2H3;1H/t11-,12+;. The molecule has 0 aromatic carbocycles. The van der Waals surface area contributed by atoms with Crippen molar-refractivity contribution in [3.05, 3.63) is 22.7 Å². The lowest BCUT2D eigenvalue weighted by Crippen LogP contribution is -2.33. The molecule has 1 aromatic heterocycles. The summed E-state index contributed by atoms with van der Waals surface area (Å²) in [5, 5.41) is 3.80. The van der Waals surface area contributed by atoms with Gasteiger partial charge in [0.1, 0.15) is 5.82 Å². The molecule has 1 N–H and O–H groups in total. The minimum absolute atomic E-state index is 0. The zero-order valence-corrected chi connectivity index (χ0v) is 15.2. The normalized spacial score (nSPS) is 24.1. The molecule has 0 aliphatic carbocycles. The predicted octanol–water partition coefficient (Wildman–Crippen LogP) is 2.75. The summed E-state index contributed by atoms with van der Waals surface area (Å²) < 4.78 is 0. The number of fused-ring (bicyclic) bond motifs is 1. The van der Waals surface area contributed by atoms with Gasteiger partial charge in [-0.3, -0.25) is 4.79 Å². The third kappa shape index (κ3) is 3.95. The summed E-state index contributed by atoms with van der Waals surface area (Å²) >= 11 is 6.17. The van der Waals surface area contributed by atoms with E-state index < -0.39 is 0 Å². The molecule has 5 nitrogen and oxygen atoms in total. The molecule has 3 rings (SSSR count). The largest absolute Gasteiger partial charge is 0.337 e. The van der Waals surface area contributed by atoms with E-state index in [-0.39, 0.29) is 24.2 Å². The van der Waals surface area contributed by atoms with E-state index in [0.717, 1.165) is 39.0 Å². The highest BCUT2D eigenvalue weighted by Gasteiger charge is 2.32. The van der Waals surface area contributed by atoms with Gasteiger partial charge in [-0.15, -0.1) is 12.4 Å². The Morgan fingerprint density at radius 3 is 2.48 bits per heavy atom. The Bertz CT molecular complexity index is 553. The number of amides is 1. The second-order valence-corrected chi connectivity index (χ2v) is 7.03. The van der Waals surface area contributed by atoms with E-state index in [4.69, 9.17) is 11.6 Å². The SMILES string of the molecule is CC(C)c1ncc(Cl)c(C(=O)N2CC[C@@H]3CNC[C@@H]3CC2)n1.Cl. The van der Waals surface area contributed by atoms with Crippen LogP contribution >= 0.6 is 24.0 Å². The number of aromatic nitrogens is 2. The van der Waals surface area contributed by atoms with Crippen LogP contribution in [0.2, 0.25) is 5.02 Å². The number of nitrogens with zero attached hydrogens (tertiary/aromatic N) is 3. The monoisotopic (exact) mass is 358 g/mol. The maximum Gasteiger partial charge on any atom is 0.274 e. The number of hydrogen-bond donors (Lipinski definition) is 1. The van der Waals surface area contributed by atoms with Crippen molar-refractivity contribution in [2.24, 2.45) is 11.8 Å². The van der Waals surface area contributed by atoms with Crippen molar-refractivity contribution in [1.82, 2.24) is 20.2 Å². The van der Waals surface area contributed by atoms with Crippen LogP contribution in [0.15, 0.2) is 6.20 Å². The molecule has 1 aromatic rings. The van der Waals surface area contributed by atoms with Crippen LogP contribution < -0.4 is 5.32 Å². The summed E-state index contributed by atoms with van der Waals surface area (Å²) in [5.74, 6) is 2.19. The maximum absolute atomic E-state index is 12.8. The van der Waals surface area contributed by atoms with Gasteiger partial charge in [0.05, 0.1) is 11.2 Å². The van der Waals surface area contributed by atoms with Gasteiger partial charge in [0, 0.05) is 19.0 Å². The molecule has 128 valence electrons. The van der Waals surface area contributed by atoms with Gasteiger partial charge in [0.2, 0.25) is 0 Å². The van der Waals surface area contributed by atoms with Gasteiger partial charge in [-0.2, -0.15) is 0 Å². The van der Waals surface area contributed by atoms with Crippen LogP contribution in [0.4, 0.5) is 0 Å². The summed E-state index contributed by atoms with van der Waals surface area (Å²) in [6.45, 7) is 7.77. The lowest BCUT2D eigenvalue weighted by Gasteiger charge is -2.21. The van der Waals surface area contributed by atoms with Gasteiger partial charge < -0.3 is 10.2 Å². The molecule has 0 radical (unpaired) electrons. The highest BCUT2D eigenvalue weighted by Crippen LogP contribution is 2.28. The number of likely N-dealkylation sites (tertiary alicyclic amines) is 1. The van der Waals surface area contributed by atoms with Gasteiger partial charge in [-0.05, 0) is 37.8 Å². The summed E-state index contributed by atoms with van der Waals surface area (Å²) in [7, 11) is 0. The van der Waals surface area contributed by atoms with Crippen molar-refractivity contribution in [3.8, 4) is 0 Å². The molecule has 23 heavy (non-hydrogen) atoms. The molecule has 2 fully saturated rings. The first-order valence-corrected chi connectivity index (χ1v) is 8.46. The summed E-state index contributed by atoms with van der Waals surface area (Å²) in [4.78, 5) is 23.3. The van der Waals surface area contributed by atoms with Crippen molar-refractivity contribution in [3.63, 3.8) is 0 Å². The second kappa shape index (κ2) is 7.77. The van der Waals surface area contributed by atoms with E-state index in [9.17, 15) is 4.79 Å². The van der Waals surface area contributed by atoms with E-state index in [1.54, 1.807) is 6.20 Å². The molecule has 2 aliphatic rings. The van der Waals surface area contributed by atoms with Crippen LogP contribution in [0, 0.1) is 11.8 Å². The second-order valence-electron chi connectivity index (χ2n) is 6.63. The first kappa shape index (κ1) is 18.4. The first-order valence-electron chi connectivity index (χ1n) is 8.08. The molecule has 0 saturated carbocycles. The average Bonchev–Trinajstić information content (AvgIpc) is 2.85. The molecule has 0 unspecified atom stereocenters. The molecule has 2 aliphatic heterocycles. The summed E-state index contributed by atoms with van der Waals surface area (Å²) in [5.41, 5.74) is 0.352. The number of rotatable bonds is 2. The number of carbonyl (C=O) groups excluding carboxylic acids is 1. The van der Waals surface area contributed by atoms with Crippen LogP contribution in [0.25, 0.3) is 0 Å².